The van der Waals surface area contributed by atoms with Gasteiger partial charge < -0.3 is 5.32 Å². The third-order valence-electron chi connectivity index (χ3n) is 6.00. The summed E-state index contributed by atoms with van der Waals surface area (Å²) in [5, 5.41) is 22.5. The molecule has 2 unspecified atom stereocenters. The number of thiocarbonyl (C=S) groups is 1. The summed E-state index contributed by atoms with van der Waals surface area (Å²) in [6.45, 7) is 5.04. The second kappa shape index (κ2) is 5.91. The van der Waals surface area contributed by atoms with Gasteiger partial charge in [0.25, 0.3) is 0 Å². The first-order valence-electron chi connectivity index (χ1n) is 8.28. The quantitative estimate of drug-likeness (QED) is 0.842. The lowest BCUT2D eigenvalue weighted by atomic mass is 9.48. The molecule has 2 heterocycles. The zero-order chi connectivity index (χ0) is 18.3. The van der Waals surface area contributed by atoms with Crippen molar-refractivity contribution in [1.29, 1.82) is 10.5 Å². The molecule has 2 fully saturated rings. The first-order valence-corrected chi connectivity index (χ1v) is 8.68. The molecular formula is C19H20N4OS. The Balaban J connectivity index is 1.96. The van der Waals surface area contributed by atoms with Crippen LogP contribution in [0.3, 0.4) is 0 Å². The third-order valence-corrected chi connectivity index (χ3v) is 6.45. The summed E-state index contributed by atoms with van der Waals surface area (Å²) in [7, 11) is 0. The van der Waals surface area contributed by atoms with E-state index < -0.39 is 16.2 Å². The number of hydrogen-bond acceptors (Lipinski definition) is 5. The number of fused-ring (bicyclic) bond motifs is 2. The Kier molecular flexibility index (Phi) is 4.15. The van der Waals surface area contributed by atoms with E-state index in [1.165, 1.54) is 5.56 Å². The molecule has 2 atom stereocenters. The molecule has 2 bridgehead atoms. The Hall–Kier alpha value is -2.28. The van der Waals surface area contributed by atoms with Gasteiger partial charge in [0.15, 0.2) is 5.41 Å². The number of rotatable bonds is 3. The molecule has 0 aliphatic carbocycles. The van der Waals surface area contributed by atoms with Gasteiger partial charge in [-0.05, 0) is 12.0 Å². The minimum absolute atomic E-state index is 0.236. The lowest BCUT2D eigenvalue weighted by Gasteiger charge is -2.59. The first kappa shape index (κ1) is 17.5. The number of carbonyl (C=O) groups excluding carboxylic acids is 1. The number of benzene rings is 1. The average molecular weight is 352 g/mol. The van der Waals surface area contributed by atoms with Gasteiger partial charge in [-0.3, -0.25) is 9.69 Å². The molecule has 0 aromatic heterocycles. The van der Waals surface area contributed by atoms with E-state index >= 15 is 0 Å². The number of nitrogens with zero attached hydrogens (tertiary/aromatic N) is 3. The van der Waals surface area contributed by atoms with Crippen LogP contribution in [0.15, 0.2) is 30.3 Å². The van der Waals surface area contributed by atoms with Crippen LogP contribution in [0, 0.1) is 38.9 Å². The average Bonchev–Trinajstić information content (AvgIpc) is 2.60. The summed E-state index contributed by atoms with van der Waals surface area (Å²) < 4.78 is 0. The monoisotopic (exact) mass is 352 g/mol. The van der Waals surface area contributed by atoms with Gasteiger partial charge in [0.05, 0.1) is 12.1 Å². The minimum Gasteiger partial charge on any atom is -0.318 e. The molecule has 0 radical (unpaired) electrons. The number of amides is 1. The second-order valence-corrected chi connectivity index (χ2v) is 7.80. The van der Waals surface area contributed by atoms with Crippen molar-refractivity contribution >= 4 is 23.1 Å². The van der Waals surface area contributed by atoms with Gasteiger partial charge in [0, 0.05) is 25.0 Å². The van der Waals surface area contributed by atoms with Crippen LogP contribution in [0.4, 0.5) is 0 Å². The molecule has 1 aromatic rings. The van der Waals surface area contributed by atoms with E-state index in [2.05, 4.69) is 17.5 Å². The van der Waals surface area contributed by atoms with Crippen LogP contribution in [-0.4, -0.2) is 35.4 Å². The van der Waals surface area contributed by atoms with E-state index in [9.17, 15) is 15.3 Å². The fraction of sp³-hybridized carbons (Fsp3) is 0.474. The number of hydrogen-bond donors (Lipinski definition) is 1. The van der Waals surface area contributed by atoms with Gasteiger partial charge in [-0.1, -0.05) is 56.4 Å². The Bertz CT molecular complexity index is 763. The van der Waals surface area contributed by atoms with E-state index in [1.807, 2.05) is 49.1 Å². The van der Waals surface area contributed by atoms with Gasteiger partial charge in [-0.2, -0.15) is 10.5 Å². The van der Waals surface area contributed by atoms with Crippen molar-refractivity contribution in [2.24, 2.45) is 16.2 Å². The maximum absolute atomic E-state index is 12.7. The fourth-order valence-corrected chi connectivity index (χ4v) is 4.51. The smallest absolute Gasteiger partial charge is 0.247 e. The summed E-state index contributed by atoms with van der Waals surface area (Å²) in [6.07, 6.45) is 0.790. The molecule has 2 aliphatic heterocycles. The molecule has 3 rings (SSSR count). The van der Waals surface area contributed by atoms with Crippen molar-refractivity contribution in [2.45, 2.75) is 20.3 Å². The van der Waals surface area contributed by atoms with Crippen LogP contribution in [-0.2, 0) is 11.2 Å². The largest absolute Gasteiger partial charge is 0.318 e. The first-order chi connectivity index (χ1) is 11.8. The fourth-order valence-electron chi connectivity index (χ4n) is 4.06. The Labute approximate surface area is 153 Å². The van der Waals surface area contributed by atoms with Crippen molar-refractivity contribution in [3.05, 3.63) is 35.9 Å². The predicted octanol–water partition coefficient (Wildman–Crippen LogP) is 2.05. The maximum Gasteiger partial charge on any atom is 0.247 e. The maximum atomic E-state index is 12.7. The predicted molar refractivity (Wildman–Crippen MR) is 97.2 cm³/mol. The van der Waals surface area contributed by atoms with Crippen molar-refractivity contribution in [1.82, 2.24) is 10.2 Å². The normalized spacial score (nSPS) is 30.9. The van der Waals surface area contributed by atoms with Crippen LogP contribution in [0.5, 0.6) is 0 Å². The van der Waals surface area contributed by atoms with Crippen molar-refractivity contribution < 1.29 is 4.79 Å². The van der Waals surface area contributed by atoms with E-state index in [-0.39, 0.29) is 10.9 Å². The van der Waals surface area contributed by atoms with Crippen LogP contribution < -0.4 is 5.32 Å². The number of carbonyl (C=O) groups is 1. The summed E-state index contributed by atoms with van der Waals surface area (Å²) in [5.41, 5.74) is -2.02. The van der Waals surface area contributed by atoms with E-state index in [1.54, 1.807) is 0 Å². The van der Waals surface area contributed by atoms with Gasteiger partial charge in [-0.25, -0.2) is 0 Å². The van der Waals surface area contributed by atoms with E-state index in [0.29, 0.717) is 19.6 Å². The highest BCUT2D eigenvalue weighted by atomic mass is 32.1. The molecule has 0 spiro atoms. The standard InChI is InChI=1S/C19H20N4OS/c1-17(2)18(10-20)12-23(9-8-14-6-4-3-5-7-14)13-19(17,11-21)16(25)22-15(18)24/h3-7H,8-9,12-13H2,1-2H3,(H,22,24,25). The highest BCUT2D eigenvalue weighted by Crippen LogP contribution is 2.58. The van der Waals surface area contributed by atoms with Crippen molar-refractivity contribution in [3.8, 4) is 12.1 Å². The van der Waals surface area contributed by atoms with Crippen LogP contribution in [0.2, 0.25) is 0 Å². The number of likely N-dealkylation sites (tertiary alicyclic amines) is 1. The number of piperidine rings is 2. The van der Waals surface area contributed by atoms with Crippen molar-refractivity contribution in [2.75, 3.05) is 19.6 Å². The molecule has 5 nitrogen and oxygen atoms in total. The minimum atomic E-state index is -1.29. The lowest BCUT2D eigenvalue weighted by molar-refractivity contribution is -0.147. The highest BCUT2D eigenvalue weighted by molar-refractivity contribution is 7.80. The van der Waals surface area contributed by atoms with Crippen molar-refractivity contribution in [3.63, 3.8) is 0 Å². The molecule has 2 saturated heterocycles. The molecule has 2 aliphatic rings. The molecule has 1 amide bonds. The highest BCUT2D eigenvalue weighted by Gasteiger charge is 2.70. The third kappa shape index (κ3) is 2.29. The SMILES string of the molecule is CC1(C)C2(C#N)CN(CCc3ccccc3)CC1(C#N)C(=S)NC2=O. The Morgan fingerprint density at radius 1 is 1.16 bits per heavy atom. The van der Waals surface area contributed by atoms with Gasteiger partial charge >= 0.3 is 0 Å². The summed E-state index contributed by atoms with van der Waals surface area (Å²) in [6, 6.07) is 14.6. The summed E-state index contributed by atoms with van der Waals surface area (Å²) in [5.74, 6) is -0.389. The van der Waals surface area contributed by atoms with Gasteiger partial charge in [-0.15, -0.1) is 0 Å². The molecule has 0 saturated carbocycles. The number of nitriles is 2. The Morgan fingerprint density at radius 2 is 1.76 bits per heavy atom. The van der Waals surface area contributed by atoms with Gasteiger partial charge in [0.1, 0.15) is 10.4 Å². The zero-order valence-electron chi connectivity index (χ0n) is 14.4. The lowest BCUT2D eigenvalue weighted by Crippen LogP contribution is -2.75. The molecule has 1 N–H and O–H groups in total. The summed E-state index contributed by atoms with van der Waals surface area (Å²) >= 11 is 5.39. The molecular weight excluding hydrogens is 332 g/mol. The van der Waals surface area contributed by atoms with Crippen LogP contribution in [0.1, 0.15) is 19.4 Å². The van der Waals surface area contributed by atoms with Crippen LogP contribution >= 0.6 is 12.2 Å². The van der Waals surface area contributed by atoms with Gasteiger partial charge in [0.2, 0.25) is 5.91 Å². The molecule has 1 aromatic carbocycles. The number of nitrogens with one attached hydrogen (secondary N) is 1. The second-order valence-electron chi connectivity index (χ2n) is 7.39. The topological polar surface area (TPSA) is 79.9 Å². The van der Waals surface area contributed by atoms with Crippen LogP contribution in [0.25, 0.3) is 0 Å². The summed E-state index contributed by atoms with van der Waals surface area (Å²) in [4.78, 5) is 15.0. The molecule has 25 heavy (non-hydrogen) atoms. The Morgan fingerprint density at radius 3 is 2.36 bits per heavy atom. The van der Waals surface area contributed by atoms with E-state index in [4.69, 9.17) is 12.2 Å². The van der Waals surface area contributed by atoms with E-state index in [0.717, 1.165) is 6.42 Å². The molecule has 6 heteroatoms. The molecule has 128 valence electrons. The zero-order valence-corrected chi connectivity index (χ0v) is 15.2.